The fourth-order valence-corrected chi connectivity index (χ4v) is 1.87. The van der Waals surface area contributed by atoms with Crippen LogP contribution in [-0.2, 0) is 4.74 Å². The highest BCUT2D eigenvalue weighted by atomic mass is 19.4. The Morgan fingerprint density at radius 3 is 1.93 bits per heavy atom. The lowest BCUT2D eigenvalue weighted by atomic mass is 9.77. The molecule has 2 rings (SSSR count). The number of nitrogens with zero attached hydrogens (tertiary/aromatic N) is 1. The highest BCUT2D eigenvalue weighted by Gasteiger charge is 2.54. The van der Waals surface area contributed by atoms with E-state index >= 15 is 0 Å². The second kappa shape index (κ2) is 4.29. The summed E-state index contributed by atoms with van der Waals surface area (Å²) in [6.45, 7) is 7.55. The van der Waals surface area contributed by atoms with Crippen LogP contribution in [0.4, 0.5) is 13.2 Å². The molecule has 2 nitrogen and oxygen atoms in total. The SMILES string of the molecule is CC.CC(N1CC2(COC2)C1)C(F)(F)F. The van der Waals surface area contributed by atoms with Gasteiger partial charge in [-0.3, -0.25) is 4.90 Å². The number of rotatable bonds is 1. The van der Waals surface area contributed by atoms with Gasteiger partial charge in [0.25, 0.3) is 0 Å². The largest absolute Gasteiger partial charge is 0.403 e. The van der Waals surface area contributed by atoms with Gasteiger partial charge in [0.05, 0.1) is 13.2 Å². The molecule has 0 aromatic rings. The van der Waals surface area contributed by atoms with Gasteiger partial charge in [-0.15, -0.1) is 0 Å². The minimum Gasteiger partial charge on any atom is -0.380 e. The third-order valence-electron chi connectivity index (χ3n) is 2.91. The minimum atomic E-state index is -4.09. The van der Waals surface area contributed by atoms with Crippen LogP contribution in [0.1, 0.15) is 20.8 Å². The average molecular weight is 225 g/mol. The molecule has 0 aromatic heterocycles. The summed E-state index contributed by atoms with van der Waals surface area (Å²) in [7, 11) is 0. The maximum atomic E-state index is 12.2. The van der Waals surface area contributed by atoms with Crippen molar-refractivity contribution in [2.75, 3.05) is 26.3 Å². The first-order valence-electron chi connectivity index (χ1n) is 5.32. The van der Waals surface area contributed by atoms with Crippen molar-refractivity contribution in [3.05, 3.63) is 0 Å². The molecule has 2 fully saturated rings. The highest BCUT2D eigenvalue weighted by Crippen LogP contribution is 2.41. The van der Waals surface area contributed by atoms with E-state index in [0.717, 1.165) is 0 Å². The van der Waals surface area contributed by atoms with Crippen LogP contribution in [0.3, 0.4) is 0 Å². The van der Waals surface area contributed by atoms with Crippen LogP contribution in [0.5, 0.6) is 0 Å². The number of alkyl halides is 3. The minimum absolute atomic E-state index is 0.0690. The normalized spacial score (nSPS) is 26.0. The zero-order valence-electron chi connectivity index (χ0n) is 9.40. The van der Waals surface area contributed by atoms with Gasteiger partial charge in [-0.2, -0.15) is 13.2 Å². The average Bonchev–Trinajstić information content (AvgIpc) is 2.01. The van der Waals surface area contributed by atoms with Gasteiger partial charge < -0.3 is 4.74 Å². The second-order valence-corrected chi connectivity index (χ2v) is 4.12. The van der Waals surface area contributed by atoms with Gasteiger partial charge in [-0.1, -0.05) is 13.8 Å². The molecule has 15 heavy (non-hydrogen) atoms. The molecule has 0 aliphatic carbocycles. The first-order chi connectivity index (χ1) is 6.93. The molecule has 2 aliphatic rings. The molecule has 0 aromatic carbocycles. The summed E-state index contributed by atoms with van der Waals surface area (Å²) in [5, 5.41) is 0. The Kier molecular flexibility index (Phi) is 3.66. The van der Waals surface area contributed by atoms with Crippen LogP contribution in [0.2, 0.25) is 0 Å². The molecular weight excluding hydrogens is 207 g/mol. The maximum Gasteiger partial charge on any atom is 0.403 e. The molecular formula is C10H18F3NO. The monoisotopic (exact) mass is 225 g/mol. The lowest BCUT2D eigenvalue weighted by Gasteiger charge is -2.57. The van der Waals surface area contributed by atoms with Gasteiger partial charge in [0.1, 0.15) is 6.04 Å². The van der Waals surface area contributed by atoms with Crippen LogP contribution < -0.4 is 0 Å². The summed E-state index contributed by atoms with van der Waals surface area (Å²) < 4.78 is 41.6. The van der Waals surface area contributed by atoms with E-state index < -0.39 is 12.2 Å². The Morgan fingerprint density at radius 1 is 1.20 bits per heavy atom. The van der Waals surface area contributed by atoms with Crippen molar-refractivity contribution in [1.82, 2.24) is 4.90 Å². The van der Waals surface area contributed by atoms with E-state index in [1.807, 2.05) is 13.8 Å². The van der Waals surface area contributed by atoms with Crippen LogP contribution >= 0.6 is 0 Å². The number of ether oxygens (including phenoxy) is 1. The fraction of sp³-hybridized carbons (Fsp3) is 1.00. The molecule has 2 aliphatic heterocycles. The second-order valence-electron chi connectivity index (χ2n) is 4.12. The Labute approximate surface area is 88.4 Å². The fourth-order valence-electron chi connectivity index (χ4n) is 1.87. The van der Waals surface area contributed by atoms with Crippen LogP contribution in [0, 0.1) is 5.41 Å². The van der Waals surface area contributed by atoms with E-state index in [1.54, 1.807) is 0 Å². The van der Waals surface area contributed by atoms with Crippen molar-refractivity contribution in [2.24, 2.45) is 5.41 Å². The Balaban J connectivity index is 0.000000531. The van der Waals surface area contributed by atoms with E-state index in [0.29, 0.717) is 26.3 Å². The first kappa shape index (κ1) is 12.8. The van der Waals surface area contributed by atoms with E-state index in [1.165, 1.54) is 11.8 Å². The number of hydrogen-bond donors (Lipinski definition) is 0. The predicted octanol–water partition coefficient (Wildman–Crippen LogP) is 2.30. The van der Waals surface area contributed by atoms with Gasteiger partial charge >= 0.3 is 6.18 Å². The van der Waals surface area contributed by atoms with Crippen LogP contribution in [0.25, 0.3) is 0 Å². The Hall–Kier alpha value is -0.290. The molecule has 90 valence electrons. The molecule has 0 amide bonds. The quantitative estimate of drug-likeness (QED) is 0.679. The van der Waals surface area contributed by atoms with Gasteiger partial charge in [-0.25, -0.2) is 0 Å². The molecule has 0 saturated carbocycles. The highest BCUT2D eigenvalue weighted by molar-refractivity contribution is 5.01. The zero-order chi connectivity index (χ0) is 11.7. The Morgan fingerprint density at radius 2 is 1.67 bits per heavy atom. The summed E-state index contributed by atoms with van der Waals surface area (Å²) in [4.78, 5) is 1.46. The maximum absolute atomic E-state index is 12.2. The zero-order valence-corrected chi connectivity index (χ0v) is 9.40. The number of likely N-dealkylation sites (tertiary alicyclic amines) is 1. The van der Waals surface area contributed by atoms with E-state index in [4.69, 9.17) is 4.74 Å². The van der Waals surface area contributed by atoms with Crippen molar-refractivity contribution < 1.29 is 17.9 Å². The summed E-state index contributed by atoms with van der Waals surface area (Å²) >= 11 is 0. The smallest absolute Gasteiger partial charge is 0.380 e. The molecule has 0 N–H and O–H groups in total. The van der Waals surface area contributed by atoms with Crippen molar-refractivity contribution in [2.45, 2.75) is 33.0 Å². The Bertz CT molecular complexity index is 205. The standard InChI is InChI=1S/C8H12F3NO.C2H6/c1-6(8(9,10)11)12-2-7(3-12)4-13-5-7;1-2/h6H,2-5H2,1H3;1-2H3. The van der Waals surface area contributed by atoms with Crippen molar-refractivity contribution in [3.63, 3.8) is 0 Å². The van der Waals surface area contributed by atoms with Crippen LogP contribution in [0.15, 0.2) is 0 Å². The summed E-state index contributed by atoms with van der Waals surface area (Å²) in [5.74, 6) is 0. The third kappa shape index (κ3) is 2.45. The molecule has 2 saturated heterocycles. The van der Waals surface area contributed by atoms with Gasteiger partial charge in [0.15, 0.2) is 0 Å². The number of hydrogen-bond acceptors (Lipinski definition) is 2. The molecule has 1 atom stereocenters. The molecule has 1 unspecified atom stereocenters. The van der Waals surface area contributed by atoms with Crippen molar-refractivity contribution in [1.29, 1.82) is 0 Å². The lowest BCUT2D eigenvalue weighted by molar-refractivity contribution is -0.246. The third-order valence-corrected chi connectivity index (χ3v) is 2.91. The van der Waals surface area contributed by atoms with Gasteiger partial charge in [0, 0.05) is 18.5 Å². The molecule has 5 heteroatoms. The molecule has 2 heterocycles. The van der Waals surface area contributed by atoms with Crippen molar-refractivity contribution in [3.8, 4) is 0 Å². The number of halogens is 3. The predicted molar refractivity (Wildman–Crippen MR) is 51.7 cm³/mol. The van der Waals surface area contributed by atoms with Crippen molar-refractivity contribution >= 4 is 0 Å². The van der Waals surface area contributed by atoms with Crippen LogP contribution in [-0.4, -0.2) is 43.4 Å². The summed E-state index contributed by atoms with van der Waals surface area (Å²) in [6, 6.07) is -1.31. The molecule has 0 radical (unpaired) electrons. The molecule has 0 bridgehead atoms. The summed E-state index contributed by atoms with van der Waals surface area (Å²) in [6.07, 6.45) is -4.09. The topological polar surface area (TPSA) is 12.5 Å². The summed E-state index contributed by atoms with van der Waals surface area (Å²) in [5.41, 5.74) is 0.0690. The lowest BCUT2D eigenvalue weighted by Crippen LogP contribution is -2.69. The molecule has 1 spiro atoms. The van der Waals surface area contributed by atoms with E-state index in [-0.39, 0.29) is 5.41 Å². The van der Waals surface area contributed by atoms with E-state index in [2.05, 4.69) is 0 Å². The van der Waals surface area contributed by atoms with E-state index in [9.17, 15) is 13.2 Å². The first-order valence-corrected chi connectivity index (χ1v) is 5.32. The van der Waals surface area contributed by atoms with Gasteiger partial charge in [0.2, 0.25) is 0 Å². The van der Waals surface area contributed by atoms with Gasteiger partial charge in [-0.05, 0) is 6.92 Å².